The molecule has 2 heterocycles. The standard InChI is InChI=1S/C26H25FN2O5/c27-18-6-4-16(5-7-18)14-34-24-11-20(30)10-23(31)25(24)26(32)29-12-17-2-1-3-22(21(17)13-29)28-19-8-9-33-15-19/h1-7,10-11,19,28,30-31H,8-9,12-15H2. The number of aromatic hydroxyl groups is 2. The zero-order valence-electron chi connectivity index (χ0n) is 18.5. The minimum Gasteiger partial charge on any atom is -0.508 e. The Morgan fingerprint density at radius 1 is 1.15 bits per heavy atom. The lowest BCUT2D eigenvalue weighted by atomic mass is 10.1. The highest BCUT2D eigenvalue weighted by atomic mass is 19.1. The Hall–Kier alpha value is -3.78. The molecule has 5 rings (SSSR count). The lowest BCUT2D eigenvalue weighted by Gasteiger charge is -2.20. The summed E-state index contributed by atoms with van der Waals surface area (Å²) in [6, 6.07) is 14.4. The number of halogens is 1. The van der Waals surface area contributed by atoms with E-state index in [1.807, 2.05) is 18.2 Å². The number of carbonyl (C=O) groups excluding carboxylic acids is 1. The van der Waals surface area contributed by atoms with Gasteiger partial charge in [-0.1, -0.05) is 24.3 Å². The van der Waals surface area contributed by atoms with Crippen molar-refractivity contribution in [3.05, 3.63) is 82.7 Å². The van der Waals surface area contributed by atoms with Crippen LogP contribution in [-0.4, -0.2) is 40.3 Å². The van der Waals surface area contributed by atoms with Gasteiger partial charge in [-0.2, -0.15) is 0 Å². The first-order chi connectivity index (χ1) is 16.5. The third-order valence-corrected chi connectivity index (χ3v) is 6.15. The third-order valence-electron chi connectivity index (χ3n) is 6.15. The Morgan fingerprint density at radius 3 is 2.74 bits per heavy atom. The zero-order chi connectivity index (χ0) is 23.7. The van der Waals surface area contributed by atoms with Gasteiger partial charge >= 0.3 is 0 Å². The number of fused-ring (bicyclic) bond motifs is 1. The molecule has 176 valence electrons. The number of anilines is 1. The normalized spacial score (nSPS) is 17.0. The van der Waals surface area contributed by atoms with Gasteiger partial charge in [0, 0.05) is 37.5 Å². The molecule has 3 aromatic rings. The molecular weight excluding hydrogens is 439 g/mol. The van der Waals surface area contributed by atoms with Crippen molar-refractivity contribution in [2.24, 2.45) is 0 Å². The summed E-state index contributed by atoms with van der Waals surface area (Å²) in [5.74, 6) is -1.30. The van der Waals surface area contributed by atoms with Crippen molar-refractivity contribution in [2.75, 3.05) is 18.5 Å². The van der Waals surface area contributed by atoms with Gasteiger partial charge < -0.3 is 29.9 Å². The van der Waals surface area contributed by atoms with Crippen molar-refractivity contribution in [1.29, 1.82) is 0 Å². The average molecular weight is 464 g/mol. The summed E-state index contributed by atoms with van der Waals surface area (Å²) in [5.41, 5.74) is 3.71. The van der Waals surface area contributed by atoms with Crippen molar-refractivity contribution in [3.63, 3.8) is 0 Å². The van der Waals surface area contributed by atoms with Crippen LogP contribution in [0, 0.1) is 5.82 Å². The number of hydrogen-bond donors (Lipinski definition) is 3. The monoisotopic (exact) mass is 464 g/mol. The van der Waals surface area contributed by atoms with Crippen LogP contribution in [0.25, 0.3) is 0 Å². The van der Waals surface area contributed by atoms with Gasteiger partial charge in [-0.05, 0) is 41.3 Å². The summed E-state index contributed by atoms with van der Waals surface area (Å²) in [6.45, 7) is 2.20. The molecule has 0 aliphatic carbocycles. The molecule has 2 aliphatic heterocycles. The van der Waals surface area contributed by atoms with Crippen LogP contribution < -0.4 is 10.1 Å². The average Bonchev–Trinajstić information content (AvgIpc) is 3.48. The number of nitrogens with one attached hydrogen (secondary N) is 1. The van der Waals surface area contributed by atoms with Gasteiger partial charge in [-0.25, -0.2) is 4.39 Å². The van der Waals surface area contributed by atoms with Gasteiger partial charge in [0.1, 0.15) is 35.2 Å². The van der Waals surface area contributed by atoms with Crippen LogP contribution in [-0.2, 0) is 24.4 Å². The summed E-state index contributed by atoms with van der Waals surface area (Å²) < 4.78 is 24.4. The maximum Gasteiger partial charge on any atom is 0.262 e. The summed E-state index contributed by atoms with van der Waals surface area (Å²) in [5, 5.41) is 24.0. The van der Waals surface area contributed by atoms with E-state index < -0.39 is 5.91 Å². The Bertz CT molecular complexity index is 1210. The molecule has 0 spiro atoms. The van der Waals surface area contributed by atoms with Crippen molar-refractivity contribution < 1.29 is 28.9 Å². The van der Waals surface area contributed by atoms with E-state index in [2.05, 4.69) is 5.32 Å². The highest BCUT2D eigenvalue weighted by Crippen LogP contribution is 2.37. The van der Waals surface area contributed by atoms with Crippen LogP contribution in [0.4, 0.5) is 10.1 Å². The van der Waals surface area contributed by atoms with Gasteiger partial charge in [-0.3, -0.25) is 4.79 Å². The fourth-order valence-electron chi connectivity index (χ4n) is 4.38. The lowest BCUT2D eigenvalue weighted by Crippen LogP contribution is -2.26. The molecule has 2 aliphatic rings. The molecule has 0 bridgehead atoms. The van der Waals surface area contributed by atoms with E-state index >= 15 is 0 Å². The molecule has 34 heavy (non-hydrogen) atoms. The molecular formula is C26H25FN2O5. The van der Waals surface area contributed by atoms with Gasteiger partial charge in [0.2, 0.25) is 0 Å². The van der Waals surface area contributed by atoms with Crippen LogP contribution in [0.15, 0.2) is 54.6 Å². The van der Waals surface area contributed by atoms with Crippen molar-refractivity contribution in [1.82, 2.24) is 4.90 Å². The molecule has 0 radical (unpaired) electrons. The van der Waals surface area contributed by atoms with Crippen molar-refractivity contribution >= 4 is 11.6 Å². The smallest absolute Gasteiger partial charge is 0.262 e. The first kappa shape index (κ1) is 22.0. The zero-order valence-corrected chi connectivity index (χ0v) is 18.5. The predicted molar refractivity (Wildman–Crippen MR) is 123 cm³/mol. The first-order valence-corrected chi connectivity index (χ1v) is 11.2. The van der Waals surface area contributed by atoms with Crippen LogP contribution in [0.5, 0.6) is 17.2 Å². The van der Waals surface area contributed by atoms with Gasteiger partial charge in [-0.15, -0.1) is 0 Å². The molecule has 7 nitrogen and oxygen atoms in total. The molecule has 0 aromatic heterocycles. The van der Waals surface area contributed by atoms with Crippen LogP contribution in [0.3, 0.4) is 0 Å². The molecule has 1 atom stereocenters. The summed E-state index contributed by atoms with van der Waals surface area (Å²) in [7, 11) is 0. The number of amides is 1. The summed E-state index contributed by atoms with van der Waals surface area (Å²) in [6.07, 6.45) is 0.933. The number of ether oxygens (including phenoxy) is 2. The highest BCUT2D eigenvalue weighted by Gasteiger charge is 2.31. The van der Waals surface area contributed by atoms with Gasteiger partial charge in [0.15, 0.2) is 0 Å². The first-order valence-electron chi connectivity index (χ1n) is 11.2. The van der Waals surface area contributed by atoms with Crippen LogP contribution in [0.1, 0.15) is 33.5 Å². The van der Waals surface area contributed by atoms with E-state index in [0.717, 1.165) is 35.9 Å². The SMILES string of the molecule is O=C(c1c(O)cc(O)cc1OCc1ccc(F)cc1)N1Cc2cccc(NC3CCOC3)c2C1. The molecule has 1 saturated heterocycles. The van der Waals surface area contributed by atoms with E-state index in [1.165, 1.54) is 18.2 Å². The largest absolute Gasteiger partial charge is 0.508 e. The lowest BCUT2D eigenvalue weighted by molar-refractivity contribution is 0.0743. The van der Waals surface area contributed by atoms with E-state index in [0.29, 0.717) is 25.3 Å². The third kappa shape index (κ3) is 4.49. The van der Waals surface area contributed by atoms with E-state index in [1.54, 1.807) is 17.0 Å². The molecule has 0 saturated carbocycles. The minimum atomic E-state index is -0.405. The maximum atomic E-state index is 13.5. The number of phenols is 2. The fourth-order valence-corrected chi connectivity index (χ4v) is 4.38. The Morgan fingerprint density at radius 2 is 1.97 bits per heavy atom. The van der Waals surface area contributed by atoms with E-state index in [9.17, 15) is 19.4 Å². The Kier molecular flexibility index (Phi) is 5.98. The topological polar surface area (TPSA) is 91.3 Å². The molecule has 3 aromatic carbocycles. The minimum absolute atomic E-state index is 0.0218. The number of rotatable bonds is 6. The molecule has 3 N–H and O–H groups in total. The van der Waals surface area contributed by atoms with Crippen LogP contribution >= 0.6 is 0 Å². The van der Waals surface area contributed by atoms with Gasteiger partial charge in [0.05, 0.1) is 12.6 Å². The quantitative estimate of drug-likeness (QED) is 0.507. The fraction of sp³-hybridized carbons (Fsp3) is 0.269. The summed E-state index contributed by atoms with van der Waals surface area (Å²) >= 11 is 0. The highest BCUT2D eigenvalue weighted by molar-refractivity contribution is 6.00. The summed E-state index contributed by atoms with van der Waals surface area (Å²) in [4.78, 5) is 15.1. The second-order valence-corrected chi connectivity index (χ2v) is 8.56. The number of carbonyl (C=O) groups is 1. The number of benzene rings is 3. The molecule has 1 unspecified atom stereocenters. The Balaban J connectivity index is 1.37. The molecule has 1 fully saturated rings. The van der Waals surface area contributed by atoms with Crippen molar-refractivity contribution in [3.8, 4) is 17.2 Å². The van der Waals surface area contributed by atoms with E-state index in [4.69, 9.17) is 9.47 Å². The van der Waals surface area contributed by atoms with Gasteiger partial charge in [0.25, 0.3) is 5.91 Å². The van der Waals surface area contributed by atoms with Crippen LogP contribution in [0.2, 0.25) is 0 Å². The second-order valence-electron chi connectivity index (χ2n) is 8.56. The maximum absolute atomic E-state index is 13.5. The number of hydrogen-bond acceptors (Lipinski definition) is 6. The Labute approximate surface area is 196 Å². The number of nitrogens with zero attached hydrogens (tertiary/aromatic N) is 1. The molecule has 8 heteroatoms. The van der Waals surface area contributed by atoms with Crippen molar-refractivity contribution in [2.45, 2.75) is 32.2 Å². The number of phenolic OH excluding ortho intramolecular Hbond substituents is 2. The second kappa shape index (κ2) is 9.23. The van der Waals surface area contributed by atoms with E-state index in [-0.39, 0.29) is 41.3 Å². The molecule has 1 amide bonds. The predicted octanol–water partition coefficient (Wildman–Crippen LogP) is 4.17.